The molecule has 1 aliphatic carbocycles. The summed E-state index contributed by atoms with van der Waals surface area (Å²) in [6.07, 6.45) is 7.39. The molecule has 0 atom stereocenters. The number of allylic oxidation sites excluding steroid dienone is 4. The minimum Gasteiger partial charge on any atom is -0.0770 e. The average molecular weight is 150 g/mol. The number of hydrogen-bond donors (Lipinski definition) is 0. The maximum Gasteiger partial charge on any atom is -0.0130 e. The minimum absolute atomic E-state index is 1.21. The molecule has 0 saturated heterocycles. The Hall–Kier alpha value is -0.520. The minimum atomic E-state index is 1.21. The average Bonchev–Trinajstić information content (AvgIpc) is 2.33. The van der Waals surface area contributed by atoms with Crippen LogP contribution >= 0.6 is 0 Å². The molecule has 0 heterocycles. The van der Waals surface area contributed by atoms with Crippen molar-refractivity contribution < 1.29 is 0 Å². The standard InChI is InChI=1S/C11H18/c1-4-6-10-8-7-9(3)11(10)5-2/h8H,4-7H2,1-3H3. The van der Waals surface area contributed by atoms with E-state index in [0.29, 0.717) is 0 Å². The molecule has 0 heteroatoms. The molecule has 0 fully saturated rings. The van der Waals surface area contributed by atoms with Crippen molar-refractivity contribution in [3.63, 3.8) is 0 Å². The van der Waals surface area contributed by atoms with E-state index >= 15 is 0 Å². The van der Waals surface area contributed by atoms with Crippen LogP contribution < -0.4 is 0 Å². The molecule has 0 spiro atoms. The van der Waals surface area contributed by atoms with Gasteiger partial charge in [-0.25, -0.2) is 0 Å². The molecule has 0 saturated carbocycles. The third-order valence-corrected chi connectivity index (χ3v) is 2.43. The number of hydrogen-bond acceptors (Lipinski definition) is 0. The zero-order valence-corrected chi connectivity index (χ0v) is 7.91. The first-order chi connectivity index (χ1) is 5.29. The topological polar surface area (TPSA) is 0 Å². The van der Waals surface area contributed by atoms with Crippen LogP contribution in [0.2, 0.25) is 0 Å². The van der Waals surface area contributed by atoms with Crippen molar-refractivity contribution in [2.24, 2.45) is 0 Å². The van der Waals surface area contributed by atoms with Gasteiger partial charge in [-0.2, -0.15) is 0 Å². The molecular formula is C11H18. The third kappa shape index (κ3) is 1.74. The van der Waals surface area contributed by atoms with E-state index in [2.05, 4.69) is 26.8 Å². The molecule has 0 aliphatic heterocycles. The molecule has 0 bridgehead atoms. The molecule has 0 aromatic carbocycles. The van der Waals surface area contributed by atoms with Crippen molar-refractivity contribution in [3.05, 3.63) is 22.8 Å². The van der Waals surface area contributed by atoms with Gasteiger partial charge in [-0.1, -0.05) is 31.9 Å². The molecule has 0 unspecified atom stereocenters. The summed E-state index contributed by atoms with van der Waals surface area (Å²) >= 11 is 0. The molecule has 0 aromatic rings. The maximum atomic E-state index is 2.40. The van der Waals surface area contributed by atoms with Crippen molar-refractivity contribution in [2.75, 3.05) is 0 Å². The van der Waals surface area contributed by atoms with Gasteiger partial charge >= 0.3 is 0 Å². The Morgan fingerprint density at radius 2 is 2.09 bits per heavy atom. The Balaban J connectivity index is 2.68. The zero-order chi connectivity index (χ0) is 8.27. The van der Waals surface area contributed by atoms with Crippen LogP contribution in [0.15, 0.2) is 22.8 Å². The molecule has 1 aliphatic rings. The molecule has 0 nitrogen and oxygen atoms in total. The van der Waals surface area contributed by atoms with Gasteiger partial charge in [-0.3, -0.25) is 0 Å². The van der Waals surface area contributed by atoms with Crippen molar-refractivity contribution in [3.8, 4) is 0 Å². The van der Waals surface area contributed by atoms with Crippen molar-refractivity contribution >= 4 is 0 Å². The normalized spacial score (nSPS) is 17.5. The van der Waals surface area contributed by atoms with Gasteiger partial charge in [0, 0.05) is 0 Å². The molecule has 0 radical (unpaired) electrons. The second-order valence-corrected chi connectivity index (χ2v) is 3.30. The van der Waals surface area contributed by atoms with Crippen LogP contribution in [0.1, 0.15) is 46.5 Å². The Bertz CT molecular complexity index is 194. The van der Waals surface area contributed by atoms with E-state index in [1.165, 1.54) is 25.7 Å². The van der Waals surface area contributed by atoms with Gasteiger partial charge < -0.3 is 0 Å². The van der Waals surface area contributed by atoms with Gasteiger partial charge in [0.05, 0.1) is 0 Å². The predicted octanol–water partition coefficient (Wildman–Crippen LogP) is 3.84. The van der Waals surface area contributed by atoms with E-state index in [9.17, 15) is 0 Å². The zero-order valence-electron chi connectivity index (χ0n) is 7.91. The van der Waals surface area contributed by atoms with Crippen LogP contribution in [0, 0.1) is 0 Å². The molecule has 0 N–H and O–H groups in total. The summed E-state index contributed by atoms with van der Waals surface area (Å²) in [7, 11) is 0. The first-order valence-electron chi connectivity index (χ1n) is 4.67. The van der Waals surface area contributed by atoms with Crippen molar-refractivity contribution in [1.82, 2.24) is 0 Å². The Kier molecular flexibility index (Phi) is 2.92. The second-order valence-electron chi connectivity index (χ2n) is 3.30. The van der Waals surface area contributed by atoms with Gasteiger partial charge in [0.2, 0.25) is 0 Å². The van der Waals surface area contributed by atoms with Gasteiger partial charge in [0.15, 0.2) is 0 Å². The fourth-order valence-corrected chi connectivity index (χ4v) is 1.85. The maximum absolute atomic E-state index is 2.40. The van der Waals surface area contributed by atoms with Crippen LogP contribution in [0.5, 0.6) is 0 Å². The quantitative estimate of drug-likeness (QED) is 0.573. The molecule has 1 rings (SSSR count). The van der Waals surface area contributed by atoms with Gasteiger partial charge in [-0.05, 0) is 37.3 Å². The summed E-state index contributed by atoms with van der Waals surface area (Å²) in [6, 6.07) is 0. The van der Waals surface area contributed by atoms with Gasteiger partial charge in [0.1, 0.15) is 0 Å². The molecule has 62 valence electrons. The van der Waals surface area contributed by atoms with Crippen molar-refractivity contribution in [2.45, 2.75) is 46.5 Å². The van der Waals surface area contributed by atoms with E-state index in [0.717, 1.165) is 0 Å². The molecule has 11 heavy (non-hydrogen) atoms. The highest BCUT2D eigenvalue weighted by molar-refractivity contribution is 5.41. The summed E-state index contributed by atoms with van der Waals surface area (Å²) in [5.74, 6) is 0. The number of rotatable bonds is 3. The molecule has 0 amide bonds. The van der Waals surface area contributed by atoms with E-state index in [1.807, 2.05) is 0 Å². The SMILES string of the molecule is CCCC1=CCC(C)=C1CC. The first kappa shape index (κ1) is 8.58. The highest BCUT2D eigenvalue weighted by Gasteiger charge is 2.11. The lowest BCUT2D eigenvalue weighted by molar-refractivity contribution is 0.896. The van der Waals surface area contributed by atoms with E-state index in [-0.39, 0.29) is 0 Å². The third-order valence-electron chi connectivity index (χ3n) is 2.43. The monoisotopic (exact) mass is 150 g/mol. The summed E-state index contributed by atoms with van der Waals surface area (Å²) < 4.78 is 0. The molecule has 0 aromatic heterocycles. The van der Waals surface area contributed by atoms with Crippen LogP contribution in [0.25, 0.3) is 0 Å². The van der Waals surface area contributed by atoms with Crippen LogP contribution in [-0.2, 0) is 0 Å². The van der Waals surface area contributed by atoms with Crippen LogP contribution in [-0.4, -0.2) is 0 Å². The molecular weight excluding hydrogens is 132 g/mol. The van der Waals surface area contributed by atoms with Gasteiger partial charge in [-0.15, -0.1) is 0 Å². The Morgan fingerprint density at radius 3 is 2.64 bits per heavy atom. The summed E-state index contributed by atoms with van der Waals surface area (Å²) in [5, 5.41) is 0. The lowest BCUT2D eigenvalue weighted by atomic mass is 10.0. The van der Waals surface area contributed by atoms with Crippen LogP contribution in [0.4, 0.5) is 0 Å². The second kappa shape index (κ2) is 3.75. The summed E-state index contributed by atoms with van der Waals surface area (Å²) in [5.41, 5.74) is 4.84. The van der Waals surface area contributed by atoms with E-state index in [4.69, 9.17) is 0 Å². The van der Waals surface area contributed by atoms with Crippen LogP contribution in [0.3, 0.4) is 0 Å². The van der Waals surface area contributed by atoms with E-state index < -0.39 is 0 Å². The predicted molar refractivity (Wildman–Crippen MR) is 50.6 cm³/mol. The van der Waals surface area contributed by atoms with E-state index in [1.54, 1.807) is 16.7 Å². The first-order valence-corrected chi connectivity index (χ1v) is 4.67. The Labute approximate surface area is 70.0 Å². The fourth-order valence-electron chi connectivity index (χ4n) is 1.85. The highest BCUT2D eigenvalue weighted by Crippen LogP contribution is 2.30. The fraction of sp³-hybridized carbons (Fsp3) is 0.636. The summed E-state index contributed by atoms with van der Waals surface area (Å²) in [6.45, 7) is 6.77. The highest BCUT2D eigenvalue weighted by atomic mass is 14.2. The summed E-state index contributed by atoms with van der Waals surface area (Å²) in [4.78, 5) is 0. The van der Waals surface area contributed by atoms with Crippen molar-refractivity contribution in [1.29, 1.82) is 0 Å². The van der Waals surface area contributed by atoms with Gasteiger partial charge in [0.25, 0.3) is 0 Å². The smallest absolute Gasteiger partial charge is 0.0130 e. The largest absolute Gasteiger partial charge is 0.0770 e. The lowest BCUT2D eigenvalue weighted by Crippen LogP contribution is -1.85. The lowest BCUT2D eigenvalue weighted by Gasteiger charge is -2.05. The Morgan fingerprint density at radius 1 is 1.36 bits per heavy atom.